The number of quaternary nitrogens is 1. The summed E-state index contributed by atoms with van der Waals surface area (Å²) in [5.74, 6) is 1.58. The summed E-state index contributed by atoms with van der Waals surface area (Å²) in [6.45, 7) is 5.90. The third kappa shape index (κ3) is 2.63. The predicted octanol–water partition coefficient (Wildman–Crippen LogP) is 2.15. The third-order valence-electron chi connectivity index (χ3n) is 4.60. The minimum atomic E-state index is -0.288. The van der Waals surface area contributed by atoms with Gasteiger partial charge in [0.05, 0.1) is 27.8 Å². The number of fused-ring (bicyclic) bond motifs is 1. The van der Waals surface area contributed by atoms with Gasteiger partial charge < -0.3 is 19.1 Å². The van der Waals surface area contributed by atoms with Gasteiger partial charge in [-0.1, -0.05) is 0 Å². The molecule has 1 unspecified atom stereocenters. The summed E-state index contributed by atoms with van der Waals surface area (Å²) in [7, 11) is 5.56. The number of likely N-dealkylation sites (N-methyl/N-ethyl adjacent to an activating group) is 1. The quantitative estimate of drug-likeness (QED) is 0.859. The average molecular weight is 280 g/mol. The van der Waals surface area contributed by atoms with Gasteiger partial charge in [0.15, 0.2) is 11.5 Å². The highest BCUT2D eigenvalue weighted by Gasteiger charge is 2.37. The van der Waals surface area contributed by atoms with Crippen LogP contribution in [0.15, 0.2) is 12.1 Å². The normalized spacial score (nSPS) is 26.8. The summed E-state index contributed by atoms with van der Waals surface area (Å²) >= 11 is 0. The molecule has 0 aromatic heterocycles. The summed E-state index contributed by atoms with van der Waals surface area (Å²) in [5.41, 5.74) is 2.63. The molecule has 0 radical (unpaired) electrons. The standard InChI is InChI=1S/C16H26NO3/c1-11(18)10-17(3)7-6-13-8-15(19-4)16(20-5)9-14(13)12(17)2/h8-9,11-12,18H,6-7,10H2,1-5H3/q+1/t11-,12+,17?/m1/s1. The van der Waals surface area contributed by atoms with Crippen LogP contribution >= 0.6 is 0 Å². The number of rotatable bonds is 4. The first-order chi connectivity index (χ1) is 9.41. The Morgan fingerprint density at radius 3 is 2.45 bits per heavy atom. The zero-order chi connectivity index (χ0) is 14.9. The Balaban J connectivity index is 2.41. The van der Waals surface area contributed by atoms with Crippen LogP contribution < -0.4 is 9.47 Å². The Labute approximate surface area is 121 Å². The van der Waals surface area contributed by atoms with Gasteiger partial charge in [0.25, 0.3) is 0 Å². The summed E-state index contributed by atoms with van der Waals surface area (Å²) in [5, 5.41) is 9.76. The molecule has 4 nitrogen and oxygen atoms in total. The van der Waals surface area contributed by atoms with Crippen molar-refractivity contribution in [2.24, 2.45) is 0 Å². The monoisotopic (exact) mass is 280 g/mol. The van der Waals surface area contributed by atoms with Gasteiger partial charge in [0.2, 0.25) is 0 Å². The number of benzene rings is 1. The molecule has 3 atom stereocenters. The smallest absolute Gasteiger partial charge is 0.161 e. The number of methoxy groups -OCH3 is 2. The Kier molecular flexibility index (Phi) is 4.25. The summed E-state index contributed by atoms with van der Waals surface area (Å²) in [4.78, 5) is 0. The van der Waals surface area contributed by atoms with E-state index in [2.05, 4.69) is 26.1 Å². The second-order valence-corrected chi connectivity index (χ2v) is 6.07. The number of aliphatic hydroxyl groups is 1. The largest absolute Gasteiger partial charge is 0.493 e. The molecule has 1 heterocycles. The molecule has 112 valence electrons. The lowest BCUT2D eigenvalue weighted by Gasteiger charge is -2.45. The lowest BCUT2D eigenvalue weighted by atomic mass is 9.90. The summed E-state index contributed by atoms with van der Waals surface area (Å²) in [6, 6.07) is 4.53. The van der Waals surface area contributed by atoms with E-state index in [-0.39, 0.29) is 6.10 Å². The fourth-order valence-electron chi connectivity index (χ4n) is 3.30. The topological polar surface area (TPSA) is 38.7 Å². The van der Waals surface area contributed by atoms with Gasteiger partial charge in [-0.05, 0) is 31.5 Å². The maximum Gasteiger partial charge on any atom is 0.161 e. The van der Waals surface area contributed by atoms with E-state index < -0.39 is 0 Å². The van der Waals surface area contributed by atoms with E-state index >= 15 is 0 Å². The van der Waals surface area contributed by atoms with Crippen LogP contribution in [0.4, 0.5) is 0 Å². The zero-order valence-corrected chi connectivity index (χ0v) is 13.1. The van der Waals surface area contributed by atoms with Crippen molar-refractivity contribution in [2.45, 2.75) is 32.4 Å². The van der Waals surface area contributed by atoms with Crippen molar-refractivity contribution in [1.82, 2.24) is 0 Å². The Morgan fingerprint density at radius 1 is 1.30 bits per heavy atom. The van der Waals surface area contributed by atoms with Crippen LogP contribution in [-0.4, -0.2) is 50.1 Å². The third-order valence-corrected chi connectivity index (χ3v) is 4.60. The van der Waals surface area contributed by atoms with E-state index in [0.717, 1.165) is 35.5 Å². The summed E-state index contributed by atoms with van der Waals surface area (Å²) in [6.07, 6.45) is 0.715. The van der Waals surface area contributed by atoms with Crippen molar-refractivity contribution in [2.75, 3.05) is 34.4 Å². The second kappa shape index (κ2) is 5.62. The van der Waals surface area contributed by atoms with Gasteiger partial charge in [-0.2, -0.15) is 0 Å². The molecule has 0 spiro atoms. The number of nitrogens with zero attached hydrogens (tertiary/aromatic N) is 1. The van der Waals surface area contributed by atoms with Gasteiger partial charge in [0, 0.05) is 12.0 Å². The molecule has 1 aromatic carbocycles. The van der Waals surface area contributed by atoms with Crippen molar-refractivity contribution in [3.05, 3.63) is 23.3 Å². The minimum Gasteiger partial charge on any atom is -0.493 e. The number of ether oxygens (including phenoxy) is 2. The Bertz CT molecular complexity index is 487. The highest BCUT2D eigenvalue weighted by Crippen LogP contribution is 2.40. The molecule has 0 saturated heterocycles. The molecule has 1 aromatic rings. The maximum atomic E-state index is 9.76. The molecule has 0 fully saturated rings. The molecule has 0 saturated carbocycles. The molecule has 0 bridgehead atoms. The lowest BCUT2D eigenvalue weighted by molar-refractivity contribution is -0.942. The second-order valence-electron chi connectivity index (χ2n) is 6.07. The van der Waals surface area contributed by atoms with Crippen molar-refractivity contribution in [3.63, 3.8) is 0 Å². The number of hydrogen-bond acceptors (Lipinski definition) is 3. The van der Waals surface area contributed by atoms with E-state index in [1.54, 1.807) is 14.2 Å². The molecule has 4 heteroatoms. The van der Waals surface area contributed by atoms with E-state index in [1.165, 1.54) is 11.1 Å². The molecular weight excluding hydrogens is 254 g/mol. The van der Waals surface area contributed by atoms with Gasteiger partial charge in [0.1, 0.15) is 18.7 Å². The fraction of sp³-hybridized carbons (Fsp3) is 0.625. The molecule has 20 heavy (non-hydrogen) atoms. The maximum absolute atomic E-state index is 9.76. The van der Waals surface area contributed by atoms with Gasteiger partial charge >= 0.3 is 0 Å². The predicted molar refractivity (Wildman–Crippen MR) is 79.3 cm³/mol. The molecule has 0 aliphatic carbocycles. The van der Waals surface area contributed by atoms with Crippen molar-refractivity contribution < 1.29 is 19.1 Å². The molecule has 1 aliphatic heterocycles. The van der Waals surface area contributed by atoms with Gasteiger partial charge in [-0.3, -0.25) is 0 Å². The van der Waals surface area contributed by atoms with Crippen molar-refractivity contribution >= 4 is 0 Å². The average Bonchev–Trinajstić information content (AvgIpc) is 2.41. The SMILES string of the molecule is COc1cc2c(cc1OC)[C@H](C)[N+](C)(C[C@@H](C)O)CC2. The lowest BCUT2D eigenvalue weighted by Crippen LogP contribution is -2.53. The summed E-state index contributed by atoms with van der Waals surface area (Å²) < 4.78 is 11.7. The van der Waals surface area contributed by atoms with Crippen LogP contribution in [0.3, 0.4) is 0 Å². The van der Waals surface area contributed by atoms with E-state index in [0.29, 0.717) is 6.04 Å². The first-order valence-electron chi connectivity index (χ1n) is 7.18. The zero-order valence-electron chi connectivity index (χ0n) is 13.1. The fourth-order valence-corrected chi connectivity index (χ4v) is 3.30. The molecule has 0 amide bonds. The Hall–Kier alpha value is -1.26. The first kappa shape index (κ1) is 15.1. The molecule has 1 N–H and O–H groups in total. The minimum absolute atomic E-state index is 0.288. The number of aliphatic hydroxyl groups excluding tert-OH is 1. The molecular formula is C16H26NO3+. The number of hydrogen-bond donors (Lipinski definition) is 1. The van der Waals surface area contributed by atoms with Gasteiger partial charge in [-0.15, -0.1) is 0 Å². The van der Waals surface area contributed by atoms with Crippen molar-refractivity contribution in [3.8, 4) is 11.5 Å². The first-order valence-corrected chi connectivity index (χ1v) is 7.18. The van der Waals surface area contributed by atoms with Gasteiger partial charge in [-0.25, -0.2) is 0 Å². The van der Waals surface area contributed by atoms with Crippen LogP contribution in [0, 0.1) is 0 Å². The van der Waals surface area contributed by atoms with Crippen LogP contribution in [0.5, 0.6) is 11.5 Å². The van der Waals surface area contributed by atoms with Crippen LogP contribution in [0.25, 0.3) is 0 Å². The van der Waals surface area contributed by atoms with Crippen LogP contribution in [-0.2, 0) is 6.42 Å². The molecule has 1 aliphatic rings. The van der Waals surface area contributed by atoms with E-state index in [9.17, 15) is 5.11 Å². The highest BCUT2D eigenvalue weighted by molar-refractivity contribution is 5.48. The van der Waals surface area contributed by atoms with Crippen LogP contribution in [0.2, 0.25) is 0 Å². The highest BCUT2D eigenvalue weighted by atomic mass is 16.5. The molecule has 2 rings (SSSR count). The van der Waals surface area contributed by atoms with Crippen molar-refractivity contribution in [1.29, 1.82) is 0 Å². The van der Waals surface area contributed by atoms with E-state index in [1.807, 2.05) is 6.92 Å². The Morgan fingerprint density at radius 2 is 1.90 bits per heavy atom. The van der Waals surface area contributed by atoms with E-state index in [4.69, 9.17) is 9.47 Å². The van der Waals surface area contributed by atoms with Crippen LogP contribution in [0.1, 0.15) is 31.0 Å².